The van der Waals surface area contributed by atoms with Gasteiger partial charge in [0.1, 0.15) is 11.3 Å². The maximum absolute atomic E-state index is 5.60. The van der Waals surface area contributed by atoms with Crippen LogP contribution >= 0.6 is 0 Å². The minimum Gasteiger partial charge on any atom is -0.459 e. The molecule has 0 fully saturated rings. The summed E-state index contributed by atoms with van der Waals surface area (Å²) < 4.78 is 5.60. The highest BCUT2D eigenvalue weighted by molar-refractivity contribution is 5.84. The van der Waals surface area contributed by atoms with Crippen molar-refractivity contribution in [3.8, 4) is 0 Å². The second-order valence-corrected chi connectivity index (χ2v) is 3.36. The number of hydrogen-bond acceptors (Lipinski definition) is 2. The molecule has 0 saturated carbocycles. The zero-order valence-electron chi connectivity index (χ0n) is 7.92. The zero-order chi connectivity index (χ0) is 9.42. The van der Waals surface area contributed by atoms with Crippen molar-refractivity contribution in [1.82, 2.24) is 0 Å². The van der Waals surface area contributed by atoms with Crippen LogP contribution in [-0.2, 0) is 6.54 Å². The van der Waals surface area contributed by atoms with E-state index in [1.165, 1.54) is 16.5 Å². The molecule has 2 heteroatoms. The first kappa shape index (κ1) is 8.32. The summed E-state index contributed by atoms with van der Waals surface area (Å²) in [5, 5.41) is 1.18. The second-order valence-electron chi connectivity index (χ2n) is 3.36. The molecule has 1 aromatic heterocycles. The minimum absolute atomic E-state index is 0.466. The first-order valence-corrected chi connectivity index (χ1v) is 4.41. The summed E-state index contributed by atoms with van der Waals surface area (Å²) in [7, 11) is 0. The SMILES string of the molecule is Cc1ccc(C)c2oc(CN)cc12. The van der Waals surface area contributed by atoms with Crippen LogP contribution in [0.4, 0.5) is 0 Å². The quantitative estimate of drug-likeness (QED) is 0.723. The summed E-state index contributed by atoms with van der Waals surface area (Å²) in [4.78, 5) is 0. The van der Waals surface area contributed by atoms with E-state index in [1.807, 2.05) is 13.0 Å². The van der Waals surface area contributed by atoms with E-state index in [2.05, 4.69) is 19.1 Å². The Hall–Kier alpha value is -1.28. The minimum atomic E-state index is 0.466. The third-order valence-electron chi connectivity index (χ3n) is 2.35. The Labute approximate surface area is 77.3 Å². The second kappa shape index (κ2) is 2.89. The average molecular weight is 175 g/mol. The van der Waals surface area contributed by atoms with Gasteiger partial charge in [0.05, 0.1) is 6.54 Å². The lowest BCUT2D eigenvalue weighted by atomic mass is 10.1. The summed E-state index contributed by atoms with van der Waals surface area (Å²) in [6, 6.07) is 6.20. The number of rotatable bonds is 1. The Morgan fingerprint density at radius 1 is 1.23 bits per heavy atom. The van der Waals surface area contributed by atoms with Gasteiger partial charge >= 0.3 is 0 Å². The third kappa shape index (κ3) is 1.23. The van der Waals surface area contributed by atoms with Crippen LogP contribution in [0.15, 0.2) is 22.6 Å². The molecule has 1 aromatic carbocycles. The molecule has 68 valence electrons. The van der Waals surface area contributed by atoms with Crippen molar-refractivity contribution < 1.29 is 4.42 Å². The first-order chi connectivity index (χ1) is 6.22. The van der Waals surface area contributed by atoms with Crippen LogP contribution in [-0.4, -0.2) is 0 Å². The molecule has 0 aliphatic rings. The smallest absolute Gasteiger partial charge is 0.137 e. The predicted molar refractivity (Wildman–Crippen MR) is 53.6 cm³/mol. The van der Waals surface area contributed by atoms with Crippen molar-refractivity contribution in [2.45, 2.75) is 20.4 Å². The number of benzene rings is 1. The van der Waals surface area contributed by atoms with Crippen LogP contribution in [0.5, 0.6) is 0 Å². The van der Waals surface area contributed by atoms with E-state index < -0.39 is 0 Å². The predicted octanol–water partition coefficient (Wildman–Crippen LogP) is 2.51. The molecule has 0 radical (unpaired) electrons. The Kier molecular flexibility index (Phi) is 1.85. The lowest BCUT2D eigenvalue weighted by Gasteiger charge is -1.96. The van der Waals surface area contributed by atoms with Gasteiger partial charge in [-0.05, 0) is 31.0 Å². The molecule has 13 heavy (non-hydrogen) atoms. The summed E-state index contributed by atoms with van der Waals surface area (Å²) in [5.74, 6) is 0.854. The molecule has 1 heterocycles. The maximum Gasteiger partial charge on any atom is 0.137 e. The number of nitrogens with two attached hydrogens (primary N) is 1. The Morgan fingerprint density at radius 2 is 1.92 bits per heavy atom. The molecule has 0 unspecified atom stereocenters. The molecular formula is C11H13NO. The maximum atomic E-state index is 5.60. The van der Waals surface area contributed by atoms with Crippen molar-refractivity contribution >= 4 is 11.0 Å². The Balaban J connectivity index is 2.80. The summed E-state index contributed by atoms with van der Waals surface area (Å²) in [5.41, 5.74) is 8.90. The van der Waals surface area contributed by atoms with Gasteiger partial charge in [0.2, 0.25) is 0 Å². The molecule has 2 rings (SSSR count). The highest BCUT2D eigenvalue weighted by Gasteiger charge is 2.06. The number of hydrogen-bond donors (Lipinski definition) is 1. The van der Waals surface area contributed by atoms with E-state index in [4.69, 9.17) is 10.2 Å². The fourth-order valence-corrected chi connectivity index (χ4v) is 1.54. The van der Waals surface area contributed by atoms with Crippen LogP contribution in [0.3, 0.4) is 0 Å². The van der Waals surface area contributed by atoms with E-state index in [-0.39, 0.29) is 0 Å². The van der Waals surface area contributed by atoms with Crippen LogP contribution in [0.25, 0.3) is 11.0 Å². The van der Waals surface area contributed by atoms with Crippen molar-refractivity contribution in [3.63, 3.8) is 0 Å². The molecular weight excluding hydrogens is 162 g/mol. The van der Waals surface area contributed by atoms with Gasteiger partial charge < -0.3 is 10.2 Å². The zero-order valence-corrected chi connectivity index (χ0v) is 7.92. The van der Waals surface area contributed by atoms with Crippen LogP contribution in [0.2, 0.25) is 0 Å². The number of furan rings is 1. The van der Waals surface area contributed by atoms with Crippen molar-refractivity contribution in [1.29, 1.82) is 0 Å². The molecule has 0 spiro atoms. The van der Waals surface area contributed by atoms with Crippen LogP contribution in [0.1, 0.15) is 16.9 Å². The molecule has 0 saturated heterocycles. The van der Waals surface area contributed by atoms with E-state index in [1.54, 1.807) is 0 Å². The molecule has 2 nitrogen and oxygen atoms in total. The molecule has 0 bridgehead atoms. The van der Waals surface area contributed by atoms with Crippen LogP contribution in [0, 0.1) is 13.8 Å². The fourth-order valence-electron chi connectivity index (χ4n) is 1.54. The largest absolute Gasteiger partial charge is 0.459 e. The van der Waals surface area contributed by atoms with Crippen molar-refractivity contribution in [2.75, 3.05) is 0 Å². The van der Waals surface area contributed by atoms with E-state index >= 15 is 0 Å². The van der Waals surface area contributed by atoms with Gasteiger partial charge in [-0.15, -0.1) is 0 Å². The van der Waals surface area contributed by atoms with E-state index in [0.717, 1.165) is 11.3 Å². The molecule has 2 N–H and O–H groups in total. The normalized spacial score (nSPS) is 11.0. The van der Waals surface area contributed by atoms with E-state index in [9.17, 15) is 0 Å². The number of fused-ring (bicyclic) bond motifs is 1. The summed E-state index contributed by atoms with van der Waals surface area (Å²) >= 11 is 0. The lowest BCUT2D eigenvalue weighted by molar-refractivity contribution is 0.550. The van der Waals surface area contributed by atoms with Crippen molar-refractivity contribution in [2.24, 2.45) is 5.73 Å². The van der Waals surface area contributed by atoms with Crippen LogP contribution < -0.4 is 5.73 Å². The summed E-state index contributed by atoms with van der Waals surface area (Å²) in [6.45, 7) is 4.59. The molecule has 0 aliphatic carbocycles. The van der Waals surface area contributed by atoms with Gasteiger partial charge in [-0.1, -0.05) is 12.1 Å². The van der Waals surface area contributed by atoms with Gasteiger partial charge in [0.25, 0.3) is 0 Å². The van der Waals surface area contributed by atoms with Gasteiger partial charge in [-0.3, -0.25) is 0 Å². The summed E-state index contributed by atoms with van der Waals surface area (Å²) in [6.07, 6.45) is 0. The third-order valence-corrected chi connectivity index (χ3v) is 2.35. The average Bonchev–Trinajstić information content (AvgIpc) is 2.56. The highest BCUT2D eigenvalue weighted by Crippen LogP contribution is 2.25. The topological polar surface area (TPSA) is 39.2 Å². The highest BCUT2D eigenvalue weighted by atomic mass is 16.3. The Bertz CT molecular complexity index is 404. The Morgan fingerprint density at radius 3 is 2.54 bits per heavy atom. The van der Waals surface area contributed by atoms with Gasteiger partial charge in [-0.2, -0.15) is 0 Å². The molecule has 0 aliphatic heterocycles. The van der Waals surface area contributed by atoms with Gasteiger partial charge in [0.15, 0.2) is 0 Å². The monoisotopic (exact) mass is 175 g/mol. The first-order valence-electron chi connectivity index (χ1n) is 4.41. The fraction of sp³-hybridized carbons (Fsp3) is 0.273. The molecule has 0 amide bonds. The lowest BCUT2D eigenvalue weighted by Crippen LogP contribution is -1.92. The standard InChI is InChI=1S/C11H13NO/c1-7-3-4-8(2)11-10(7)5-9(6-12)13-11/h3-5H,6,12H2,1-2H3. The number of aryl methyl sites for hydroxylation is 2. The van der Waals surface area contributed by atoms with Gasteiger partial charge in [0, 0.05) is 5.39 Å². The molecule has 2 aromatic rings. The van der Waals surface area contributed by atoms with Crippen molar-refractivity contribution in [3.05, 3.63) is 35.1 Å². The van der Waals surface area contributed by atoms with Gasteiger partial charge in [-0.25, -0.2) is 0 Å². The van der Waals surface area contributed by atoms with E-state index in [0.29, 0.717) is 6.54 Å². The molecule has 0 atom stereocenters.